The van der Waals surface area contributed by atoms with Crippen LogP contribution in [0.25, 0.3) is 0 Å². The third-order valence-corrected chi connectivity index (χ3v) is 5.39. The zero-order valence-corrected chi connectivity index (χ0v) is 16.5. The zero-order chi connectivity index (χ0) is 18.8. The van der Waals surface area contributed by atoms with Gasteiger partial charge in [-0.1, -0.05) is 69.7 Å². The lowest BCUT2D eigenvalue weighted by molar-refractivity contribution is -0.160. The van der Waals surface area contributed by atoms with Gasteiger partial charge in [0.25, 0.3) is 0 Å². The number of benzene rings is 1. The average Bonchev–Trinajstić information content (AvgIpc) is 3.03. The van der Waals surface area contributed by atoms with Crippen LogP contribution in [0, 0.1) is 0 Å². The van der Waals surface area contributed by atoms with Crippen molar-refractivity contribution in [2.45, 2.75) is 76.9 Å². The number of aryl methyl sites for hydroxylation is 1. The minimum atomic E-state index is -1.34. The topological polar surface area (TPSA) is 49.8 Å². The van der Waals surface area contributed by atoms with Gasteiger partial charge in [0.1, 0.15) is 0 Å². The molecule has 0 unspecified atom stereocenters. The number of esters is 1. The van der Waals surface area contributed by atoms with Crippen LogP contribution in [0.15, 0.2) is 24.3 Å². The summed E-state index contributed by atoms with van der Waals surface area (Å²) in [5.74, 6) is -0.523. The van der Waals surface area contributed by atoms with Crippen LogP contribution < -0.4 is 0 Å². The second-order valence-electron chi connectivity index (χ2n) is 7.67. The highest BCUT2D eigenvalue weighted by molar-refractivity contribution is 5.79. The van der Waals surface area contributed by atoms with Crippen LogP contribution >= 0.6 is 0 Å². The molecule has 1 heterocycles. The predicted molar refractivity (Wildman–Crippen MR) is 105 cm³/mol. The van der Waals surface area contributed by atoms with Crippen LogP contribution in [-0.4, -0.2) is 41.8 Å². The summed E-state index contributed by atoms with van der Waals surface area (Å²) >= 11 is 0. The maximum Gasteiger partial charge on any atom is 0.339 e. The molecule has 26 heavy (non-hydrogen) atoms. The molecule has 4 heteroatoms. The quantitative estimate of drug-likeness (QED) is 0.476. The molecule has 1 atom stereocenters. The molecule has 1 aromatic rings. The van der Waals surface area contributed by atoms with Crippen molar-refractivity contribution in [3.05, 3.63) is 35.4 Å². The first kappa shape index (κ1) is 20.9. The van der Waals surface area contributed by atoms with Gasteiger partial charge in [-0.2, -0.15) is 0 Å². The Morgan fingerprint density at radius 2 is 1.69 bits per heavy atom. The van der Waals surface area contributed by atoms with Crippen molar-refractivity contribution >= 4 is 5.97 Å². The van der Waals surface area contributed by atoms with Crippen molar-refractivity contribution in [2.24, 2.45) is 0 Å². The number of likely N-dealkylation sites (tertiary alicyclic amines) is 1. The number of rotatable bonds is 11. The lowest BCUT2D eigenvalue weighted by atomic mass is 10.0. The summed E-state index contributed by atoms with van der Waals surface area (Å²) in [6, 6.07) is 8.78. The van der Waals surface area contributed by atoms with E-state index < -0.39 is 11.6 Å². The van der Waals surface area contributed by atoms with E-state index in [2.05, 4.69) is 36.1 Å². The van der Waals surface area contributed by atoms with Gasteiger partial charge in [0.05, 0.1) is 7.11 Å². The first-order valence-electron chi connectivity index (χ1n) is 10.2. The summed E-state index contributed by atoms with van der Waals surface area (Å²) in [5, 5.41) is 10.3. The normalized spacial score (nSPS) is 20.4. The summed E-state index contributed by atoms with van der Waals surface area (Å²) in [6.45, 7) is 4.08. The average molecular weight is 362 g/mol. The second-order valence-corrected chi connectivity index (χ2v) is 7.67. The third-order valence-electron chi connectivity index (χ3n) is 5.39. The largest absolute Gasteiger partial charge is 0.467 e. The van der Waals surface area contributed by atoms with Gasteiger partial charge in [-0.05, 0) is 24.0 Å². The molecule has 1 aliphatic rings. The van der Waals surface area contributed by atoms with E-state index in [4.69, 9.17) is 4.74 Å². The maximum atomic E-state index is 11.7. The van der Waals surface area contributed by atoms with Crippen molar-refractivity contribution in [3.63, 3.8) is 0 Å². The monoisotopic (exact) mass is 361 g/mol. The van der Waals surface area contributed by atoms with Gasteiger partial charge in [0, 0.05) is 26.1 Å². The molecule has 0 saturated carbocycles. The van der Waals surface area contributed by atoms with Crippen molar-refractivity contribution < 1.29 is 14.6 Å². The van der Waals surface area contributed by atoms with Crippen LogP contribution in [0.5, 0.6) is 0 Å². The van der Waals surface area contributed by atoms with Crippen molar-refractivity contribution in [1.82, 2.24) is 4.90 Å². The van der Waals surface area contributed by atoms with Crippen LogP contribution in [0.3, 0.4) is 0 Å². The number of nitrogens with zero attached hydrogens (tertiary/aromatic N) is 1. The van der Waals surface area contributed by atoms with Gasteiger partial charge in [-0.15, -0.1) is 0 Å². The molecule has 0 spiro atoms. The fourth-order valence-electron chi connectivity index (χ4n) is 3.72. The molecule has 2 rings (SSSR count). The van der Waals surface area contributed by atoms with Gasteiger partial charge in [-0.25, -0.2) is 4.79 Å². The van der Waals surface area contributed by atoms with E-state index in [1.807, 2.05) is 0 Å². The van der Waals surface area contributed by atoms with E-state index in [1.54, 1.807) is 0 Å². The molecule has 1 N–H and O–H groups in total. The second kappa shape index (κ2) is 10.7. The molecular formula is C22H35NO3. The highest BCUT2D eigenvalue weighted by atomic mass is 16.5. The number of hydrogen-bond acceptors (Lipinski definition) is 4. The van der Waals surface area contributed by atoms with E-state index in [1.165, 1.54) is 63.2 Å². The molecule has 0 radical (unpaired) electrons. The van der Waals surface area contributed by atoms with Gasteiger partial charge in [-0.3, -0.25) is 4.90 Å². The Hall–Kier alpha value is -1.39. The lowest BCUT2D eigenvalue weighted by Crippen LogP contribution is -2.42. The van der Waals surface area contributed by atoms with Gasteiger partial charge >= 0.3 is 5.97 Å². The summed E-state index contributed by atoms with van der Waals surface area (Å²) in [4.78, 5) is 13.8. The molecule has 0 aliphatic carbocycles. The highest BCUT2D eigenvalue weighted by Crippen LogP contribution is 2.24. The minimum Gasteiger partial charge on any atom is -0.467 e. The Labute approximate surface area is 158 Å². The summed E-state index contributed by atoms with van der Waals surface area (Å²) in [7, 11) is 1.33. The number of β-amino-alcohol motifs (C(OH)–C–C–N with tert-alkyl or cyclic N) is 1. The SMILES string of the molecule is CCCCCCCCCc1ccc(CN2CC[C@@](O)(C(=O)OC)C2)cc1. The Morgan fingerprint density at radius 3 is 2.35 bits per heavy atom. The van der Waals surface area contributed by atoms with Gasteiger partial charge in [0.2, 0.25) is 0 Å². The van der Waals surface area contributed by atoms with Crippen LogP contribution in [0.4, 0.5) is 0 Å². The van der Waals surface area contributed by atoms with Gasteiger partial charge in [0.15, 0.2) is 5.60 Å². The molecule has 1 fully saturated rings. The highest BCUT2D eigenvalue weighted by Gasteiger charge is 2.43. The lowest BCUT2D eigenvalue weighted by Gasteiger charge is -2.20. The molecule has 1 aliphatic heterocycles. The van der Waals surface area contributed by atoms with Crippen molar-refractivity contribution in [2.75, 3.05) is 20.2 Å². The van der Waals surface area contributed by atoms with Crippen molar-refractivity contribution in [1.29, 1.82) is 0 Å². The zero-order valence-electron chi connectivity index (χ0n) is 16.5. The van der Waals surface area contributed by atoms with E-state index in [0.29, 0.717) is 19.5 Å². The summed E-state index contributed by atoms with van der Waals surface area (Å²) in [5.41, 5.74) is 1.28. The summed E-state index contributed by atoms with van der Waals surface area (Å²) in [6.07, 6.45) is 11.0. The molecule has 4 nitrogen and oxygen atoms in total. The van der Waals surface area contributed by atoms with Crippen LogP contribution in [-0.2, 0) is 22.5 Å². The van der Waals surface area contributed by atoms with Gasteiger partial charge < -0.3 is 9.84 Å². The first-order chi connectivity index (χ1) is 12.6. The molecule has 146 valence electrons. The Kier molecular flexibility index (Phi) is 8.60. The first-order valence-corrected chi connectivity index (χ1v) is 10.2. The number of carbonyl (C=O) groups excluding carboxylic acids is 1. The summed E-state index contributed by atoms with van der Waals surface area (Å²) < 4.78 is 4.71. The molecule has 1 saturated heterocycles. The number of ether oxygens (including phenoxy) is 1. The predicted octanol–water partition coefficient (Wildman–Crippen LogP) is 4.09. The van der Waals surface area contributed by atoms with Crippen LogP contribution in [0.2, 0.25) is 0 Å². The van der Waals surface area contributed by atoms with E-state index in [-0.39, 0.29) is 0 Å². The molecule has 1 aromatic carbocycles. The maximum absolute atomic E-state index is 11.7. The number of carbonyl (C=O) groups is 1. The molecule has 0 amide bonds. The molecular weight excluding hydrogens is 326 g/mol. The fraction of sp³-hybridized carbons (Fsp3) is 0.682. The molecule has 0 aromatic heterocycles. The molecule has 0 bridgehead atoms. The smallest absolute Gasteiger partial charge is 0.339 e. The van der Waals surface area contributed by atoms with E-state index >= 15 is 0 Å². The Morgan fingerprint density at radius 1 is 1.08 bits per heavy atom. The van der Waals surface area contributed by atoms with E-state index in [0.717, 1.165) is 13.0 Å². The Balaban J connectivity index is 1.69. The number of methoxy groups -OCH3 is 1. The van der Waals surface area contributed by atoms with Crippen LogP contribution in [0.1, 0.15) is 69.4 Å². The minimum absolute atomic E-state index is 0.347. The van der Waals surface area contributed by atoms with E-state index in [9.17, 15) is 9.90 Å². The number of hydrogen-bond donors (Lipinski definition) is 1. The standard InChI is InChI=1S/C22H35NO3/c1-3-4-5-6-7-8-9-10-19-11-13-20(14-12-19)17-23-16-15-22(25,18-23)21(24)26-2/h11-14,25H,3-10,15-18H2,1-2H3/t22-/m0/s1. The number of unbranched alkanes of at least 4 members (excludes halogenated alkanes) is 6. The number of aliphatic hydroxyl groups is 1. The fourth-order valence-corrected chi connectivity index (χ4v) is 3.72. The third kappa shape index (κ3) is 6.40. The van der Waals surface area contributed by atoms with Crippen molar-refractivity contribution in [3.8, 4) is 0 Å². The Bertz CT molecular complexity index is 543.